The first-order valence-corrected chi connectivity index (χ1v) is 11.7. The number of nitrogens with one attached hydrogen (secondary N) is 1. The molecule has 2 amide bonds. The quantitative estimate of drug-likeness (QED) is 0.602. The Morgan fingerprint density at radius 2 is 1.88 bits per heavy atom. The molecular formula is C26H34ClN3O3. The topological polar surface area (TPSA) is 61.9 Å². The van der Waals surface area contributed by atoms with Gasteiger partial charge in [0.25, 0.3) is 5.91 Å². The number of benzene rings is 2. The molecule has 1 aliphatic rings. The highest BCUT2D eigenvalue weighted by Crippen LogP contribution is 2.28. The molecule has 2 aromatic rings. The van der Waals surface area contributed by atoms with Crippen molar-refractivity contribution in [2.24, 2.45) is 5.41 Å². The van der Waals surface area contributed by atoms with Crippen LogP contribution in [-0.2, 0) is 16.1 Å². The van der Waals surface area contributed by atoms with Crippen molar-refractivity contribution in [3.63, 3.8) is 0 Å². The molecule has 178 valence electrons. The molecule has 0 aliphatic carbocycles. The largest absolute Gasteiger partial charge is 0.377 e. The van der Waals surface area contributed by atoms with Crippen LogP contribution in [-0.4, -0.2) is 50.1 Å². The summed E-state index contributed by atoms with van der Waals surface area (Å²) < 4.78 is 5.82. The number of anilines is 2. The van der Waals surface area contributed by atoms with Crippen LogP contribution in [0, 0.1) is 5.41 Å². The number of halogens is 1. The van der Waals surface area contributed by atoms with E-state index in [4.69, 9.17) is 16.3 Å². The predicted molar refractivity (Wildman–Crippen MR) is 134 cm³/mol. The highest BCUT2D eigenvalue weighted by molar-refractivity contribution is 6.34. The molecule has 0 radical (unpaired) electrons. The van der Waals surface area contributed by atoms with Gasteiger partial charge in [0.15, 0.2) is 0 Å². The van der Waals surface area contributed by atoms with Crippen molar-refractivity contribution in [2.75, 3.05) is 37.5 Å². The van der Waals surface area contributed by atoms with Gasteiger partial charge >= 0.3 is 0 Å². The lowest BCUT2D eigenvalue weighted by molar-refractivity contribution is -0.141. The van der Waals surface area contributed by atoms with Gasteiger partial charge in [-0.2, -0.15) is 0 Å². The smallest absolute Gasteiger partial charge is 0.257 e. The second-order valence-corrected chi connectivity index (χ2v) is 10.1. The van der Waals surface area contributed by atoms with E-state index in [2.05, 4.69) is 5.32 Å². The number of amides is 2. The molecule has 0 unspecified atom stereocenters. The summed E-state index contributed by atoms with van der Waals surface area (Å²) in [6.07, 6.45) is 2.04. The molecule has 0 saturated carbocycles. The minimum absolute atomic E-state index is 0.0576. The monoisotopic (exact) mass is 471 g/mol. The standard InChI is InChI=1S/C26H34ClN3O3/c1-26(2,3)25(32)30(17-20-9-8-14-33-20)16-18-15-19(12-13-23(18)29(4)5)28-24(31)21-10-6-7-11-22(21)27/h6-7,10-13,15,20H,8-9,14,16-17H2,1-5H3,(H,28,31)/t20-/m0/s1. The lowest BCUT2D eigenvalue weighted by atomic mass is 9.94. The number of ether oxygens (including phenoxy) is 1. The molecule has 0 spiro atoms. The molecule has 33 heavy (non-hydrogen) atoms. The van der Waals surface area contributed by atoms with E-state index in [0.29, 0.717) is 29.4 Å². The van der Waals surface area contributed by atoms with Gasteiger partial charge in [-0.05, 0) is 48.7 Å². The third kappa shape index (κ3) is 6.49. The summed E-state index contributed by atoms with van der Waals surface area (Å²) in [7, 11) is 3.94. The van der Waals surface area contributed by atoms with Crippen LogP contribution in [0.3, 0.4) is 0 Å². The Morgan fingerprint density at radius 1 is 1.15 bits per heavy atom. The molecule has 0 aromatic heterocycles. The molecule has 1 saturated heterocycles. The van der Waals surface area contributed by atoms with Crippen LogP contribution in [0.2, 0.25) is 5.02 Å². The van der Waals surface area contributed by atoms with Gasteiger partial charge in [0.05, 0.1) is 16.7 Å². The van der Waals surface area contributed by atoms with Crippen molar-refractivity contribution in [1.29, 1.82) is 0 Å². The maximum absolute atomic E-state index is 13.3. The minimum atomic E-state index is -0.507. The molecule has 3 rings (SSSR count). The molecule has 1 atom stereocenters. The van der Waals surface area contributed by atoms with Crippen molar-refractivity contribution < 1.29 is 14.3 Å². The van der Waals surface area contributed by atoms with E-state index >= 15 is 0 Å². The van der Waals surface area contributed by atoms with Gasteiger partial charge in [-0.25, -0.2) is 0 Å². The van der Waals surface area contributed by atoms with Crippen molar-refractivity contribution in [3.05, 3.63) is 58.6 Å². The summed E-state index contributed by atoms with van der Waals surface area (Å²) >= 11 is 6.19. The maximum Gasteiger partial charge on any atom is 0.257 e. The van der Waals surface area contributed by atoms with Gasteiger partial charge in [-0.1, -0.05) is 44.5 Å². The van der Waals surface area contributed by atoms with Crippen molar-refractivity contribution >= 4 is 34.8 Å². The van der Waals surface area contributed by atoms with Crippen LogP contribution in [0.5, 0.6) is 0 Å². The second kappa shape index (κ2) is 10.6. The Bertz CT molecular complexity index is 995. The molecule has 1 N–H and O–H groups in total. The van der Waals surface area contributed by atoms with Crippen molar-refractivity contribution in [1.82, 2.24) is 4.90 Å². The van der Waals surface area contributed by atoms with E-state index < -0.39 is 5.41 Å². The molecule has 2 aromatic carbocycles. The third-order valence-corrected chi connectivity index (χ3v) is 6.01. The average molecular weight is 472 g/mol. The SMILES string of the molecule is CN(C)c1ccc(NC(=O)c2ccccc2Cl)cc1CN(C[C@@H]1CCCO1)C(=O)C(C)(C)C. The van der Waals surface area contributed by atoms with Crippen LogP contribution >= 0.6 is 11.6 Å². The summed E-state index contributed by atoms with van der Waals surface area (Å²) in [6.45, 7) is 7.54. The summed E-state index contributed by atoms with van der Waals surface area (Å²) in [5.74, 6) is -0.195. The summed E-state index contributed by atoms with van der Waals surface area (Å²) in [5, 5.41) is 3.34. The highest BCUT2D eigenvalue weighted by atomic mass is 35.5. The number of hydrogen-bond donors (Lipinski definition) is 1. The molecule has 1 aliphatic heterocycles. The number of carbonyl (C=O) groups excluding carboxylic acids is 2. The number of hydrogen-bond acceptors (Lipinski definition) is 4. The first-order chi connectivity index (χ1) is 15.6. The fraction of sp³-hybridized carbons (Fsp3) is 0.462. The zero-order chi connectivity index (χ0) is 24.2. The van der Waals surface area contributed by atoms with Crippen molar-refractivity contribution in [3.8, 4) is 0 Å². The van der Waals surface area contributed by atoms with E-state index in [1.807, 2.05) is 62.9 Å². The Balaban J connectivity index is 1.88. The Hall–Kier alpha value is -2.57. The number of rotatable bonds is 7. The highest BCUT2D eigenvalue weighted by Gasteiger charge is 2.31. The van der Waals surface area contributed by atoms with E-state index in [0.717, 1.165) is 30.7 Å². The zero-order valence-corrected chi connectivity index (χ0v) is 20.9. The fourth-order valence-corrected chi connectivity index (χ4v) is 4.22. The summed E-state index contributed by atoms with van der Waals surface area (Å²) in [4.78, 5) is 30.0. The van der Waals surface area contributed by atoms with Gasteiger partial charge < -0.3 is 19.9 Å². The Kier molecular flexibility index (Phi) is 8.03. The van der Waals surface area contributed by atoms with Gasteiger partial charge in [0.1, 0.15) is 0 Å². The van der Waals surface area contributed by atoms with Crippen LogP contribution in [0.25, 0.3) is 0 Å². The van der Waals surface area contributed by atoms with Crippen LogP contribution in [0.15, 0.2) is 42.5 Å². The van der Waals surface area contributed by atoms with E-state index in [9.17, 15) is 9.59 Å². The van der Waals surface area contributed by atoms with Crippen LogP contribution in [0.4, 0.5) is 11.4 Å². The van der Waals surface area contributed by atoms with Crippen LogP contribution < -0.4 is 10.2 Å². The molecule has 7 heteroatoms. The Labute approximate surface area is 201 Å². The first-order valence-electron chi connectivity index (χ1n) is 11.3. The third-order valence-electron chi connectivity index (χ3n) is 5.68. The van der Waals surface area contributed by atoms with E-state index in [1.165, 1.54) is 0 Å². The zero-order valence-electron chi connectivity index (χ0n) is 20.2. The summed E-state index contributed by atoms with van der Waals surface area (Å²) in [6, 6.07) is 12.7. The second-order valence-electron chi connectivity index (χ2n) is 9.74. The molecule has 6 nitrogen and oxygen atoms in total. The average Bonchev–Trinajstić information content (AvgIpc) is 3.25. The fourth-order valence-electron chi connectivity index (χ4n) is 4.00. The van der Waals surface area contributed by atoms with Gasteiger partial charge in [-0.15, -0.1) is 0 Å². The molecule has 1 fully saturated rings. The maximum atomic E-state index is 13.3. The van der Waals surface area contributed by atoms with Gasteiger partial charge in [0.2, 0.25) is 5.91 Å². The molecule has 1 heterocycles. The molecule has 0 bridgehead atoms. The van der Waals surface area contributed by atoms with E-state index in [1.54, 1.807) is 24.3 Å². The summed E-state index contributed by atoms with van der Waals surface area (Å²) in [5.41, 5.74) is 2.51. The molecular weight excluding hydrogens is 438 g/mol. The lowest BCUT2D eigenvalue weighted by Crippen LogP contribution is -2.43. The Morgan fingerprint density at radius 3 is 2.48 bits per heavy atom. The van der Waals surface area contributed by atoms with Gasteiger partial charge in [-0.3, -0.25) is 9.59 Å². The lowest BCUT2D eigenvalue weighted by Gasteiger charge is -2.32. The minimum Gasteiger partial charge on any atom is -0.377 e. The number of carbonyl (C=O) groups is 2. The first kappa shape index (κ1) is 25.1. The van der Waals surface area contributed by atoms with Crippen molar-refractivity contribution in [2.45, 2.75) is 46.3 Å². The number of nitrogens with zero attached hydrogens (tertiary/aromatic N) is 2. The van der Waals surface area contributed by atoms with E-state index in [-0.39, 0.29) is 17.9 Å². The van der Waals surface area contributed by atoms with Gasteiger partial charge in [0, 0.05) is 50.6 Å². The normalized spacial score (nSPS) is 15.9. The van der Waals surface area contributed by atoms with Crippen LogP contribution in [0.1, 0.15) is 49.5 Å². The predicted octanol–water partition coefficient (Wildman–Crippen LogP) is 5.21.